The van der Waals surface area contributed by atoms with Gasteiger partial charge in [0.15, 0.2) is 0 Å². The minimum absolute atomic E-state index is 0.160. The third-order valence-corrected chi connectivity index (χ3v) is 2.91. The second-order valence-electron chi connectivity index (χ2n) is 3.58. The first-order valence-corrected chi connectivity index (χ1v) is 6.29. The van der Waals surface area contributed by atoms with Crippen LogP contribution in [0.2, 0.25) is 0 Å². The topological polar surface area (TPSA) is 142 Å². The summed E-state index contributed by atoms with van der Waals surface area (Å²) in [5.74, 6) is -2.23. The lowest BCUT2D eigenvalue weighted by Crippen LogP contribution is -2.46. The molecule has 0 bridgehead atoms. The van der Waals surface area contributed by atoms with Crippen molar-refractivity contribution in [1.82, 2.24) is 5.32 Å². The van der Waals surface area contributed by atoms with Crippen LogP contribution in [0.4, 0.5) is 0 Å². The maximum Gasteiger partial charge on any atom is 0.328 e. The molecular weight excluding hydrogens is 262 g/mol. The number of carboxylic acid groups (broad SMARTS) is 1. The summed E-state index contributed by atoms with van der Waals surface area (Å²) in [6, 6.07) is -1.34. The Hall–Kier alpha value is -1.19. The zero-order valence-electron chi connectivity index (χ0n) is 9.74. The Kier molecular flexibility index (Phi) is 9.15. The fourth-order valence-corrected chi connectivity index (χ4v) is 1.81. The summed E-state index contributed by atoms with van der Waals surface area (Å²) in [6.45, 7) is -0.297. The van der Waals surface area contributed by atoms with Crippen molar-refractivity contribution in [3.63, 3.8) is 0 Å². The standard InChI is InChI=1S/C9H17N3O5S/c10-3-1-2-6(5-18-12-17)8(14)11-7(4-13)9(15)16/h6-7,13H,1-5,10H2,(H,11,14)(H,15,16)/t6?,7-/m0/s1. The van der Waals surface area contributed by atoms with Crippen molar-refractivity contribution in [2.24, 2.45) is 16.2 Å². The molecule has 9 heteroatoms. The van der Waals surface area contributed by atoms with E-state index in [2.05, 4.69) is 9.90 Å². The number of aliphatic hydroxyl groups excluding tert-OH is 1. The molecular formula is C9H17N3O5S. The molecule has 5 N–H and O–H groups in total. The molecule has 0 aliphatic heterocycles. The number of rotatable bonds is 10. The van der Waals surface area contributed by atoms with Crippen LogP contribution in [0.25, 0.3) is 0 Å². The molecule has 2 atom stereocenters. The van der Waals surface area contributed by atoms with E-state index in [0.717, 1.165) is 0 Å². The van der Waals surface area contributed by atoms with Gasteiger partial charge >= 0.3 is 5.97 Å². The molecule has 1 unspecified atom stereocenters. The van der Waals surface area contributed by atoms with Crippen LogP contribution in [-0.4, -0.2) is 47.0 Å². The third-order valence-electron chi connectivity index (χ3n) is 2.25. The fraction of sp³-hybridized carbons (Fsp3) is 0.778. The maximum absolute atomic E-state index is 11.7. The number of carbonyl (C=O) groups excluding carboxylic acids is 1. The highest BCUT2D eigenvalue weighted by Crippen LogP contribution is 2.15. The van der Waals surface area contributed by atoms with Crippen LogP contribution >= 0.6 is 11.9 Å². The Balaban J connectivity index is 4.42. The molecule has 0 spiro atoms. The van der Waals surface area contributed by atoms with Crippen LogP contribution < -0.4 is 11.1 Å². The number of amides is 1. The van der Waals surface area contributed by atoms with Crippen LogP contribution in [0.15, 0.2) is 4.58 Å². The predicted octanol–water partition coefficient (Wildman–Crippen LogP) is -0.682. The van der Waals surface area contributed by atoms with Gasteiger partial charge in [-0.3, -0.25) is 4.79 Å². The minimum atomic E-state index is -1.34. The molecule has 0 saturated heterocycles. The van der Waals surface area contributed by atoms with Gasteiger partial charge in [-0.2, -0.15) is 0 Å². The number of aliphatic hydroxyl groups is 1. The first kappa shape index (κ1) is 16.8. The van der Waals surface area contributed by atoms with Crippen molar-refractivity contribution in [3.05, 3.63) is 4.91 Å². The van der Waals surface area contributed by atoms with Gasteiger partial charge in [0.2, 0.25) is 5.91 Å². The molecule has 0 heterocycles. The summed E-state index contributed by atoms with van der Waals surface area (Å²) in [5.41, 5.74) is 5.32. The van der Waals surface area contributed by atoms with Gasteiger partial charge in [0.1, 0.15) is 6.04 Å². The Morgan fingerprint density at radius 3 is 2.56 bits per heavy atom. The second-order valence-corrected chi connectivity index (χ2v) is 4.32. The number of hydrogen-bond donors (Lipinski definition) is 4. The first-order chi connectivity index (χ1) is 8.56. The minimum Gasteiger partial charge on any atom is -0.480 e. The van der Waals surface area contributed by atoms with E-state index < -0.39 is 30.4 Å². The van der Waals surface area contributed by atoms with Gasteiger partial charge in [0, 0.05) is 28.2 Å². The second kappa shape index (κ2) is 9.80. The average Bonchev–Trinajstić information content (AvgIpc) is 2.35. The van der Waals surface area contributed by atoms with E-state index in [1.165, 1.54) is 0 Å². The molecule has 0 aliphatic rings. The van der Waals surface area contributed by atoms with Crippen LogP contribution in [0.3, 0.4) is 0 Å². The van der Waals surface area contributed by atoms with Crippen LogP contribution in [0, 0.1) is 10.8 Å². The number of nitrogens with two attached hydrogens (primary N) is 1. The van der Waals surface area contributed by atoms with E-state index >= 15 is 0 Å². The van der Waals surface area contributed by atoms with E-state index in [1.807, 2.05) is 0 Å². The maximum atomic E-state index is 11.7. The highest BCUT2D eigenvalue weighted by Gasteiger charge is 2.24. The summed E-state index contributed by atoms with van der Waals surface area (Å²) < 4.78 is 2.59. The van der Waals surface area contributed by atoms with Gasteiger partial charge in [0.25, 0.3) is 0 Å². The van der Waals surface area contributed by atoms with Crippen molar-refractivity contribution in [3.8, 4) is 0 Å². The van der Waals surface area contributed by atoms with Gasteiger partial charge < -0.3 is 21.3 Å². The summed E-state index contributed by atoms with van der Waals surface area (Å²) in [6.07, 6.45) is 1.01. The Morgan fingerprint density at radius 2 is 2.11 bits per heavy atom. The summed E-state index contributed by atoms with van der Waals surface area (Å²) >= 11 is 0.696. The smallest absolute Gasteiger partial charge is 0.328 e. The number of carbonyl (C=O) groups is 2. The van der Waals surface area contributed by atoms with E-state index in [-0.39, 0.29) is 5.75 Å². The van der Waals surface area contributed by atoms with Crippen molar-refractivity contribution >= 4 is 23.8 Å². The number of carboxylic acids is 1. The summed E-state index contributed by atoms with van der Waals surface area (Å²) in [7, 11) is 0. The summed E-state index contributed by atoms with van der Waals surface area (Å²) in [5, 5.41) is 19.7. The van der Waals surface area contributed by atoms with Gasteiger partial charge in [-0.05, 0) is 19.4 Å². The van der Waals surface area contributed by atoms with E-state index in [9.17, 15) is 14.5 Å². The number of hydrogen-bond acceptors (Lipinski definition) is 7. The molecule has 0 fully saturated rings. The molecule has 18 heavy (non-hydrogen) atoms. The molecule has 0 aliphatic carbocycles. The molecule has 1 amide bonds. The predicted molar refractivity (Wildman–Crippen MR) is 66.7 cm³/mol. The summed E-state index contributed by atoms with van der Waals surface area (Å²) in [4.78, 5) is 32.4. The van der Waals surface area contributed by atoms with Crippen LogP contribution in [-0.2, 0) is 9.59 Å². The van der Waals surface area contributed by atoms with Gasteiger partial charge in [-0.25, -0.2) is 4.79 Å². The lowest BCUT2D eigenvalue weighted by atomic mass is 10.0. The molecule has 0 aromatic rings. The first-order valence-electron chi connectivity index (χ1n) is 5.35. The molecule has 0 aromatic heterocycles. The van der Waals surface area contributed by atoms with Gasteiger partial charge in [0.05, 0.1) is 6.61 Å². The number of aliphatic carboxylic acids is 1. The van der Waals surface area contributed by atoms with Gasteiger partial charge in [-0.15, -0.1) is 4.91 Å². The average molecular weight is 279 g/mol. The highest BCUT2D eigenvalue weighted by atomic mass is 32.2. The number of nitroso groups, excluding NO2 is 1. The third kappa shape index (κ3) is 6.52. The van der Waals surface area contributed by atoms with Crippen molar-refractivity contribution in [1.29, 1.82) is 0 Å². The molecule has 8 nitrogen and oxygen atoms in total. The van der Waals surface area contributed by atoms with E-state index in [0.29, 0.717) is 31.3 Å². The largest absolute Gasteiger partial charge is 0.480 e. The van der Waals surface area contributed by atoms with E-state index in [1.54, 1.807) is 0 Å². The van der Waals surface area contributed by atoms with Gasteiger partial charge in [-0.1, -0.05) is 0 Å². The Bertz CT molecular complexity index is 289. The monoisotopic (exact) mass is 279 g/mol. The van der Waals surface area contributed by atoms with Crippen molar-refractivity contribution in [2.75, 3.05) is 18.9 Å². The zero-order valence-corrected chi connectivity index (χ0v) is 10.6. The molecule has 0 saturated carbocycles. The Labute approximate surface area is 108 Å². The fourth-order valence-electron chi connectivity index (χ4n) is 1.25. The van der Waals surface area contributed by atoms with Crippen LogP contribution in [0.5, 0.6) is 0 Å². The molecule has 104 valence electrons. The quantitative estimate of drug-likeness (QED) is 0.306. The Morgan fingerprint density at radius 1 is 1.44 bits per heavy atom. The van der Waals surface area contributed by atoms with E-state index in [4.69, 9.17) is 15.9 Å². The molecule has 0 rings (SSSR count). The number of nitrogens with zero attached hydrogens (tertiary/aromatic N) is 1. The zero-order chi connectivity index (χ0) is 14.0. The lowest BCUT2D eigenvalue weighted by Gasteiger charge is -2.17. The van der Waals surface area contributed by atoms with Crippen LogP contribution in [0.1, 0.15) is 12.8 Å². The lowest BCUT2D eigenvalue weighted by molar-refractivity contribution is -0.143. The molecule has 0 aromatic carbocycles. The number of nitrogens with one attached hydrogen (secondary N) is 1. The van der Waals surface area contributed by atoms with Crippen molar-refractivity contribution < 1.29 is 19.8 Å². The SMILES string of the molecule is NCCCC(CSN=O)C(=O)N[C@@H](CO)C(=O)O. The normalized spacial score (nSPS) is 13.7. The highest BCUT2D eigenvalue weighted by molar-refractivity contribution is 7.97. The molecule has 0 radical (unpaired) electrons. The van der Waals surface area contributed by atoms with Crippen molar-refractivity contribution in [2.45, 2.75) is 18.9 Å².